The van der Waals surface area contributed by atoms with Gasteiger partial charge in [0.25, 0.3) is 17.4 Å². The Balaban J connectivity index is 1.69. The largest absolute Gasteiger partial charge is 0.497 e. The first-order valence-electron chi connectivity index (χ1n) is 11.9. The number of carbonyl (C=O) groups excluding carboxylic acids is 2. The zero-order valence-corrected chi connectivity index (χ0v) is 20.1. The predicted molar refractivity (Wildman–Crippen MR) is 134 cm³/mol. The molecule has 3 aromatic rings. The summed E-state index contributed by atoms with van der Waals surface area (Å²) in [6.45, 7) is 5.19. The molecule has 0 radical (unpaired) electrons. The molecule has 35 heavy (non-hydrogen) atoms. The van der Waals surface area contributed by atoms with E-state index >= 15 is 0 Å². The topological polar surface area (TPSA) is 87.6 Å². The molecule has 0 saturated carbocycles. The van der Waals surface area contributed by atoms with E-state index in [0.717, 1.165) is 18.4 Å². The van der Waals surface area contributed by atoms with Crippen LogP contribution in [0.4, 0.5) is 5.69 Å². The summed E-state index contributed by atoms with van der Waals surface area (Å²) in [5.41, 5.74) is 3.10. The van der Waals surface area contributed by atoms with Gasteiger partial charge in [-0.15, -0.1) is 0 Å². The third kappa shape index (κ3) is 3.75. The minimum atomic E-state index is -0.463. The zero-order chi connectivity index (χ0) is 24.7. The lowest BCUT2D eigenvalue weighted by Crippen LogP contribution is -2.34. The fourth-order valence-corrected chi connectivity index (χ4v) is 4.89. The lowest BCUT2D eigenvalue weighted by molar-refractivity contribution is -0.120. The molecule has 8 heteroatoms. The first-order chi connectivity index (χ1) is 16.9. The number of carbonyl (C=O) groups is 2. The fourth-order valence-electron chi connectivity index (χ4n) is 4.89. The van der Waals surface area contributed by atoms with E-state index in [1.54, 1.807) is 37.4 Å². The van der Waals surface area contributed by atoms with Crippen molar-refractivity contribution in [2.75, 3.05) is 25.1 Å². The average Bonchev–Trinajstić information content (AvgIpc) is 3.56. The molecule has 3 heterocycles. The summed E-state index contributed by atoms with van der Waals surface area (Å²) in [7, 11) is 1.58. The van der Waals surface area contributed by atoms with Crippen molar-refractivity contribution in [1.29, 1.82) is 0 Å². The highest BCUT2D eigenvalue weighted by Gasteiger charge is 2.45. The Bertz CT molecular complexity index is 1390. The van der Waals surface area contributed by atoms with Gasteiger partial charge in [-0.1, -0.05) is 19.1 Å². The summed E-state index contributed by atoms with van der Waals surface area (Å²) < 4.78 is 6.65. The van der Waals surface area contributed by atoms with Crippen LogP contribution in [0, 0.1) is 6.92 Å². The van der Waals surface area contributed by atoms with Crippen molar-refractivity contribution in [3.05, 3.63) is 81.4 Å². The molecule has 0 spiro atoms. The number of H-pyrrole nitrogens is 1. The van der Waals surface area contributed by atoms with E-state index < -0.39 is 5.91 Å². The van der Waals surface area contributed by atoms with Gasteiger partial charge < -0.3 is 9.64 Å². The van der Waals surface area contributed by atoms with Crippen LogP contribution in [0.3, 0.4) is 0 Å². The molecule has 0 unspecified atom stereocenters. The molecule has 1 saturated heterocycles. The van der Waals surface area contributed by atoms with Gasteiger partial charge in [0.1, 0.15) is 11.4 Å². The maximum Gasteiger partial charge on any atom is 0.282 e. The molecule has 2 amide bonds. The number of rotatable bonds is 6. The highest BCUT2D eigenvalue weighted by molar-refractivity contribution is 6.45. The molecule has 5 rings (SSSR count). The number of amides is 2. The van der Waals surface area contributed by atoms with Gasteiger partial charge in [-0.25, -0.2) is 9.58 Å². The van der Waals surface area contributed by atoms with Crippen LogP contribution in [0.25, 0.3) is 11.3 Å². The number of aromatic amines is 1. The van der Waals surface area contributed by atoms with E-state index in [2.05, 4.69) is 5.10 Å². The van der Waals surface area contributed by atoms with Crippen molar-refractivity contribution in [2.24, 2.45) is 0 Å². The van der Waals surface area contributed by atoms with Gasteiger partial charge in [0.15, 0.2) is 0 Å². The van der Waals surface area contributed by atoms with Crippen molar-refractivity contribution in [1.82, 2.24) is 14.7 Å². The average molecular weight is 473 g/mol. The Hall–Kier alpha value is -4.07. The van der Waals surface area contributed by atoms with E-state index in [-0.39, 0.29) is 22.6 Å². The molecule has 2 aliphatic rings. The van der Waals surface area contributed by atoms with Crippen LogP contribution < -0.4 is 15.2 Å². The summed E-state index contributed by atoms with van der Waals surface area (Å²) >= 11 is 0. The Morgan fingerprint density at radius 1 is 0.943 bits per heavy atom. The number of nitrogens with one attached hydrogen (secondary N) is 1. The van der Waals surface area contributed by atoms with Crippen LogP contribution in [0.15, 0.2) is 59.0 Å². The van der Waals surface area contributed by atoms with E-state index in [4.69, 9.17) is 4.74 Å². The second-order valence-electron chi connectivity index (χ2n) is 8.86. The number of anilines is 1. The lowest BCUT2D eigenvalue weighted by Gasteiger charge is -2.20. The number of nitrogens with zero attached hydrogens (tertiary/aromatic N) is 3. The first kappa shape index (κ1) is 22.7. The smallest absolute Gasteiger partial charge is 0.282 e. The highest BCUT2D eigenvalue weighted by atomic mass is 16.5. The molecule has 180 valence electrons. The number of aromatic nitrogens is 2. The van der Waals surface area contributed by atoms with Gasteiger partial charge in [-0.2, -0.15) is 0 Å². The molecular weight excluding hydrogens is 444 g/mol. The number of aryl methyl sites for hydroxylation is 2. The monoisotopic (exact) mass is 472 g/mol. The molecular formula is C27H28N4O4. The molecule has 2 aliphatic heterocycles. The summed E-state index contributed by atoms with van der Waals surface area (Å²) in [6, 6.07) is 14.4. The standard InChI is InChI=1S/C27H28N4O4/c1-4-21-22(26(33)31(28-21)18-10-12-20(35-3)13-11-18)23-24(29-14-5-6-15-29)27(34)30(25(23)32)19-9-7-8-17(2)16-19/h7-13,16,28H,4-6,14-15H2,1-3H3. The highest BCUT2D eigenvalue weighted by Crippen LogP contribution is 2.36. The third-order valence-electron chi connectivity index (χ3n) is 6.64. The van der Waals surface area contributed by atoms with E-state index in [1.165, 1.54) is 9.58 Å². The normalized spacial score (nSPS) is 16.1. The van der Waals surface area contributed by atoms with Crippen LogP contribution in [-0.2, 0) is 16.0 Å². The van der Waals surface area contributed by atoms with Crippen molar-refractivity contribution in [3.63, 3.8) is 0 Å². The third-order valence-corrected chi connectivity index (χ3v) is 6.64. The van der Waals surface area contributed by atoms with E-state index in [1.807, 2.05) is 36.9 Å². The van der Waals surface area contributed by atoms with Crippen LogP contribution in [0.2, 0.25) is 0 Å². The van der Waals surface area contributed by atoms with Crippen LogP contribution in [0.1, 0.15) is 36.6 Å². The molecule has 1 N–H and O–H groups in total. The SMILES string of the molecule is CCc1[nH]n(-c2ccc(OC)cc2)c(=O)c1C1=C(N2CCCC2)C(=O)N(c2cccc(C)c2)C1=O. The maximum absolute atomic E-state index is 13.9. The lowest BCUT2D eigenvalue weighted by atomic mass is 10.0. The Morgan fingerprint density at radius 3 is 2.29 bits per heavy atom. The van der Waals surface area contributed by atoms with Gasteiger partial charge in [0.2, 0.25) is 0 Å². The molecule has 0 atom stereocenters. The van der Waals surface area contributed by atoms with Crippen LogP contribution >= 0.6 is 0 Å². The summed E-state index contributed by atoms with van der Waals surface area (Å²) in [5, 5.41) is 3.17. The maximum atomic E-state index is 13.9. The summed E-state index contributed by atoms with van der Waals surface area (Å²) in [4.78, 5) is 44.5. The zero-order valence-electron chi connectivity index (χ0n) is 20.1. The van der Waals surface area contributed by atoms with Crippen molar-refractivity contribution in [2.45, 2.75) is 33.1 Å². The number of likely N-dealkylation sites (tertiary alicyclic amines) is 1. The second kappa shape index (κ2) is 8.94. The van der Waals surface area contributed by atoms with Crippen molar-refractivity contribution < 1.29 is 14.3 Å². The van der Waals surface area contributed by atoms with Crippen LogP contribution in [-0.4, -0.2) is 46.7 Å². The van der Waals surface area contributed by atoms with Crippen molar-refractivity contribution in [3.8, 4) is 11.4 Å². The minimum Gasteiger partial charge on any atom is -0.497 e. The molecule has 1 aromatic heterocycles. The first-order valence-corrected chi connectivity index (χ1v) is 11.9. The van der Waals surface area contributed by atoms with Gasteiger partial charge in [-0.05, 0) is 68.1 Å². The Morgan fingerprint density at radius 2 is 1.66 bits per heavy atom. The number of ether oxygens (including phenoxy) is 1. The molecule has 8 nitrogen and oxygen atoms in total. The minimum absolute atomic E-state index is 0.184. The quantitative estimate of drug-likeness (QED) is 0.556. The fraction of sp³-hybridized carbons (Fsp3) is 0.296. The molecule has 0 bridgehead atoms. The van der Waals surface area contributed by atoms with E-state index in [9.17, 15) is 14.4 Å². The second-order valence-corrected chi connectivity index (χ2v) is 8.86. The summed E-state index contributed by atoms with van der Waals surface area (Å²) in [5.74, 6) is -0.167. The Kier molecular flexibility index (Phi) is 5.80. The molecule has 0 aliphatic carbocycles. The number of benzene rings is 2. The van der Waals surface area contributed by atoms with E-state index in [0.29, 0.717) is 48.0 Å². The molecule has 1 fully saturated rings. The number of hydrogen-bond donors (Lipinski definition) is 1. The Labute approximate surface area is 203 Å². The van der Waals surface area contributed by atoms with Crippen molar-refractivity contribution >= 4 is 23.1 Å². The number of hydrogen-bond acceptors (Lipinski definition) is 5. The van der Waals surface area contributed by atoms with Gasteiger partial charge >= 0.3 is 0 Å². The van der Waals surface area contributed by atoms with Gasteiger partial charge in [0, 0.05) is 18.8 Å². The van der Waals surface area contributed by atoms with Crippen LogP contribution in [0.5, 0.6) is 5.75 Å². The number of methoxy groups -OCH3 is 1. The summed E-state index contributed by atoms with van der Waals surface area (Å²) in [6.07, 6.45) is 2.37. The van der Waals surface area contributed by atoms with Gasteiger partial charge in [0.05, 0.1) is 29.6 Å². The van der Waals surface area contributed by atoms with Gasteiger partial charge in [-0.3, -0.25) is 19.5 Å². The predicted octanol–water partition coefficient (Wildman–Crippen LogP) is 3.43. The number of imide groups is 1. The molecule has 2 aromatic carbocycles.